The van der Waals surface area contributed by atoms with Gasteiger partial charge in [0.15, 0.2) is 0 Å². The second kappa shape index (κ2) is 10.5. The summed E-state index contributed by atoms with van der Waals surface area (Å²) in [6.45, 7) is 3.48. The number of aromatic nitrogens is 3. The van der Waals surface area contributed by atoms with Gasteiger partial charge in [0.05, 0.1) is 12.6 Å². The first-order chi connectivity index (χ1) is 17.6. The van der Waals surface area contributed by atoms with Crippen LogP contribution in [0.3, 0.4) is 0 Å². The summed E-state index contributed by atoms with van der Waals surface area (Å²) < 4.78 is 5.18. The highest BCUT2D eigenvalue weighted by Crippen LogP contribution is 2.30. The van der Waals surface area contributed by atoms with Crippen LogP contribution < -0.4 is 10.1 Å². The van der Waals surface area contributed by atoms with Crippen LogP contribution in [0.1, 0.15) is 31.2 Å². The van der Waals surface area contributed by atoms with Gasteiger partial charge in [-0.1, -0.05) is 6.07 Å². The molecule has 2 aliphatic rings. The average Bonchev–Trinajstić information content (AvgIpc) is 2.93. The second-order valence-electron chi connectivity index (χ2n) is 9.69. The molecule has 9 nitrogen and oxygen atoms in total. The summed E-state index contributed by atoms with van der Waals surface area (Å²) in [4.78, 5) is 30.8. The van der Waals surface area contributed by atoms with E-state index in [0.717, 1.165) is 73.2 Å². The summed E-state index contributed by atoms with van der Waals surface area (Å²) in [5.74, 6) is 1.50. The van der Waals surface area contributed by atoms with E-state index < -0.39 is 0 Å². The smallest absolute Gasteiger partial charge is 0.231 e. The molecule has 0 saturated carbocycles. The molecule has 2 aromatic heterocycles. The van der Waals surface area contributed by atoms with Crippen molar-refractivity contribution >= 4 is 22.6 Å². The zero-order valence-corrected chi connectivity index (χ0v) is 20.8. The molecule has 2 saturated heterocycles. The van der Waals surface area contributed by atoms with E-state index in [9.17, 15) is 10.1 Å². The minimum absolute atomic E-state index is 0.128. The monoisotopic (exact) mass is 485 g/mol. The molecule has 4 heterocycles. The van der Waals surface area contributed by atoms with Crippen LogP contribution >= 0.6 is 0 Å². The van der Waals surface area contributed by atoms with Gasteiger partial charge in [0, 0.05) is 42.2 Å². The van der Waals surface area contributed by atoms with Crippen LogP contribution in [0.5, 0.6) is 5.88 Å². The summed E-state index contributed by atoms with van der Waals surface area (Å²) in [5, 5.41) is 13.9. The first-order valence-electron chi connectivity index (χ1n) is 12.5. The van der Waals surface area contributed by atoms with Crippen molar-refractivity contribution in [1.82, 2.24) is 24.8 Å². The number of hydrogen-bond donors (Lipinski definition) is 1. The maximum Gasteiger partial charge on any atom is 0.231 e. The van der Waals surface area contributed by atoms with Gasteiger partial charge >= 0.3 is 0 Å². The number of fused-ring (bicyclic) bond motifs is 1. The molecule has 1 aromatic carbocycles. The molecule has 1 N–H and O–H groups in total. The van der Waals surface area contributed by atoms with E-state index in [1.807, 2.05) is 23.1 Å². The van der Waals surface area contributed by atoms with Crippen molar-refractivity contribution in [1.29, 1.82) is 5.26 Å². The van der Waals surface area contributed by atoms with E-state index in [4.69, 9.17) is 4.74 Å². The van der Waals surface area contributed by atoms with Gasteiger partial charge in [-0.05, 0) is 69.6 Å². The zero-order valence-electron chi connectivity index (χ0n) is 20.8. The fraction of sp³-hybridized carbons (Fsp3) is 0.444. The van der Waals surface area contributed by atoms with E-state index in [-0.39, 0.29) is 12.0 Å². The molecule has 2 fully saturated rings. The largest absolute Gasteiger partial charge is 0.480 e. The average molecular weight is 486 g/mol. The molecular weight excluding hydrogens is 454 g/mol. The number of carbonyl (C=O) groups excluding carboxylic acids is 1. The number of amides is 1. The van der Waals surface area contributed by atoms with Gasteiger partial charge in [-0.3, -0.25) is 4.79 Å². The van der Waals surface area contributed by atoms with E-state index >= 15 is 0 Å². The van der Waals surface area contributed by atoms with E-state index in [0.29, 0.717) is 23.9 Å². The van der Waals surface area contributed by atoms with Crippen LogP contribution in [0.25, 0.3) is 22.0 Å². The highest BCUT2D eigenvalue weighted by atomic mass is 16.5. The fourth-order valence-corrected chi connectivity index (χ4v) is 5.21. The number of piperidine rings is 2. The number of methoxy groups -OCH3 is 1. The summed E-state index contributed by atoms with van der Waals surface area (Å²) in [6, 6.07) is 9.98. The molecule has 2 aliphatic heterocycles. The highest BCUT2D eigenvalue weighted by molar-refractivity contribution is 5.92. The third-order valence-electron chi connectivity index (χ3n) is 7.28. The minimum Gasteiger partial charge on any atom is -0.480 e. The molecule has 5 rings (SSSR count). The number of nitrogens with one attached hydrogen (secondary N) is 1. The number of anilines is 1. The molecule has 1 amide bonds. The third-order valence-corrected chi connectivity index (χ3v) is 7.28. The number of pyridine rings is 1. The maximum atomic E-state index is 13.2. The molecular formula is C27H31N7O2. The van der Waals surface area contributed by atoms with Gasteiger partial charge < -0.3 is 19.9 Å². The molecule has 3 aromatic rings. The van der Waals surface area contributed by atoms with Crippen molar-refractivity contribution in [2.75, 3.05) is 45.7 Å². The molecule has 9 heteroatoms. The molecule has 0 unspecified atom stereocenters. The molecule has 36 heavy (non-hydrogen) atoms. The third kappa shape index (κ3) is 4.95. The number of rotatable bonds is 5. The molecule has 0 bridgehead atoms. The van der Waals surface area contributed by atoms with Crippen molar-refractivity contribution < 1.29 is 9.53 Å². The van der Waals surface area contributed by atoms with E-state index in [2.05, 4.69) is 38.3 Å². The van der Waals surface area contributed by atoms with Gasteiger partial charge in [0.25, 0.3) is 0 Å². The Bertz CT molecular complexity index is 1300. The molecule has 186 valence electrons. The lowest BCUT2D eigenvalue weighted by molar-refractivity contribution is -0.138. The quantitative estimate of drug-likeness (QED) is 0.587. The van der Waals surface area contributed by atoms with Crippen LogP contribution in [0.4, 0.5) is 5.82 Å². The molecule has 1 atom stereocenters. The van der Waals surface area contributed by atoms with E-state index in [1.54, 1.807) is 18.6 Å². The van der Waals surface area contributed by atoms with Crippen LogP contribution in [0.2, 0.25) is 0 Å². The summed E-state index contributed by atoms with van der Waals surface area (Å²) in [7, 11) is 3.62. The Kier molecular flexibility index (Phi) is 6.96. The van der Waals surface area contributed by atoms with Crippen LogP contribution in [0, 0.1) is 17.2 Å². The second-order valence-corrected chi connectivity index (χ2v) is 9.69. The van der Waals surface area contributed by atoms with Crippen molar-refractivity contribution in [3.63, 3.8) is 0 Å². The number of ether oxygens (including phenoxy) is 1. The van der Waals surface area contributed by atoms with Crippen LogP contribution in [0.15, 0.2) is 36.8 Å². The number of likely N-dealkylation sites (tertiary alicyclic amines) is 2. The van der Waals surface area contributed by atoms with E-state index in [1.165, 1.54) is 7.11 Å². The summed E-state index contributed by atoms with van der Waals surface area (Å²) >= 11 is 0. The molecule has 0 aliphatic carbocycles. The lowest BCUT2D eigenvalue weighted by atomic mass is 9.94. The first-order valence-corrected chi connectivity index (χ1v) is 12.5. The van der Waals surface area contributed by atoms with Crippen molar-refractivity contribution in [2.24, 2.45) is 5.92 Å². The first kappa shape index (κ1) is 23.9. The number of carbonyl (C=O) groups is 1. The topological polar surface area (TPSA) is 107 Å². The predicted molar refractivity (Wildman–Crippen MR) is 137 cm³/mol. The minimum atomic E-state index is 0.128. The van der Waals surface area contributed by atoms with Gasteiger partial charge in [0.2, 0.25) is 11.8 Å². The Labute approximate surface area is 211 Å². The van der Waals surface area contributed by atoms with Crippen molar-refractivity contribution in [3.05, 3.63) is 42.4 Å². The lowest BCUT2D eigenvalue weighted by Crippen LogP contribution is -2.49. The Hall–Kier alpha value is -3.77. The number of nitrogens with zero attached hydrogens (tertiary/aromatic N) is 6. The predicted octanol–water partition coefficient (Wildman–Crippen LogP) is 3.32. The summed E-state index contributed by atoms with van der Waals surface area (Å²) in [5.41, 5.74) is 2.94. The van der Waals surface area contributed by atoms with Crippen molar-refractivity contribution in [2.45, 2.75) is 31.7 Å². The van der Waals surface area contributed by atoms with Gasteiger partial charge in [-0.2, -0.15) is 5.26 Å². The number of hydrogen-bond acceptors (Lipinski definition) is 8. The molecule has 0 spiro atoms. The Morgan fingerprint density at radius 2 is 1.94 bits per heavy atom. The number of benzene rings is 1. The zero-order chi connectivity index (χ0) is 25.1. The standard InChI is InChI=1S/C27H31N7O2/c1-33-10-7-18(8-11-33)27(35)34-9-3-4-22(16-34)32-25-23-13-19(5-6-24(23)30-17-31-25)21-12-20(14-28)26(36-2)29-15-21/h5-6,12-13,15,17-18,22H,3-4,7-11,16H2,1-2H3,(H,30,31,32)/t22-/m0/s1. The maximum absolute atomic E-state index is 13.2. The van der Waals surface area contributed by atoms with Gasteiger partial charge in [0.1, 0.15) is 23.8 Å². The Balaban J connectivity index is 1.36. The van der Waals surface area contributed by atoms with Gasteiger partial charge in [-0.15, -0.1) is 0 Å². The fourth-order valence-electron chi connectivity index (χ4n) is 5.21. The lowest BCUT2D eigenvalue weighted by Gasteiger charge is -2.37. The van der Waals surface area contributed by atoms with Crippen molar-refractivity contribution in [3.8, 4) is 23.1 Å². The van der Waals surface area contributed by atoms with Crippen LogP contribution in [-0.4, -0.2) is 77.0 Å². The normalized spacial score (nSPS) is 19.1. The number of nitriles is 1. The Morgan fingerprint density at radius 1 is 1.11 bits per heavy atom. The van der Waals surface area contributed by atoms with Gasteiger partial charge in [-0.25, -0.2) is 15.0 Å². The Morgan fingerprint density at radius 3 is 2.72 bits per heavy atom. The molecule has 0 radical (unpaired) electrons. The SMILES string of the molecule is COc1ncc(-c2ccc3ncnc(N[C@H]4CCCN(C(=O)C5CCN(C)CC5)C4)c3c2)cc1C#N. The highest BCUT2D eigenvalue weighted by Gasteiger charge is 2.31. The van der Waals surface area contributed by atoms with Crippen LogP contribution in [-0.2, 0) is 4.79 Å². The summed E-state index contributed by atoms with van der Waals surface area (Å²) in [6.07, 6.45) is 7.10.